The van der Waals surface area contributed by atoms with Crippen LogP contribution in [0.2, 0.25) is 0 Å². The molecule has 1 aromatic heterocycles. The maximum Gasteiger partial charge on any atom is 0.0948 e. The number of nitrogens with zero attached hydrogens (tertiary/aromatic N) is 3. The minimum Gasteiger partial charge on any atom is -0.333 e. The van der Waals surface area contributed by atoms with Crippen molar-refractivity contribution in [2.45, 2.75) is 52.2 Å². The molecule has 1 aromatic rings. The van der Waals surface area contributed by atoms with Gasteiger partial charge in [-0.15, -0.1) is 0 Å². The number of rotatable bonds is 6. The van der Waals surface area contributed by atoms with Crippen LogP contribution < -0.4 is 5.32 Å². The number of imidazole rings is 1. The third-order valence-electron chi connectivity index (χ3n) is 4.11. The number of aromatic nitrogens is 2. The predicted octanol–water partition coefficient (Wildman–Crippen LogP) is 2.11. The van der Waals surface area contributed by atoms with E-state index in [1.807, 2.05) is 12.5 Å². The Morgan fingerprint density at radius 1 is 1.37 bits per heavy atom. The lowest BCUT2D eigenvalue weighted by Gasteiger charge is -2.29. The van der Waals surface area contributed by atoms with Crippen LogP contribution >= 0.6 is 0 Å². The van der Waals surface area contributed by atoms with Crippen LogP contribution in [-0.2, 0) is 13.1 Å². The zero-order valence-corrected chi connectivity index (χ0v) is 12.6. The molecule has 0 aromatic carbocycles. The van der Waals surface area contributed by atoms with Gasteiger partial charge in [0.2, 0.25) is 0 Å². The number of likely N-dealkylation sites (tertiary alicyclic amines) is 1. The van der Waals surface area contributed by atoms with E-state index >= 15 is 0 Å². The van der Waals surface area contributed by atoms with Crippen molar-refractivity contribution in [3.63, 3.8) is 0 Å². The Hall–Kier alpha value is -0.870. The molecule has 2 heterocycles. The van der Waals surface area contributed by atoms with E-state index in [0.717, 1.165) is 19.0 Å². The van der Waals surface area contributed by atoms with E-state index in [2.05, 4.69) is 40.7 Å². The summed E-state index contributed by atoms with van der Waals surface area (Å²) in [5.74, 6) is 0.893. The second-order valence-corrected chi connectivity index (χ2v) is 6.15. The molecule has 0 saturated carbocycles. The van der Waals surface area contributed by atoms with E-state index in [0.29, 0.717) is 6.04 Å². The molecule has 1 aliphatic heterocycles. The van der Waals surface area contributed by atoms with Crippen LogP contribution in [0.1, 0.15) is 38.8 Å². The summed E-state index contributed by atoms with van der Waals surface area (Å²) in [5, 5.41) is 3.46. The smallest absolute Gasteiger partial charge is 0.0948 e. The van der Waals surface area contributed by atoms with E-state index in [1.165, 1.54) is 38.0 Å². The zero-order valence-electron chi connectivity index (χ0n) is 12.6. The lowest BCUT2D eigenvalue weighted by atomic mass is 9.94. The van der Waals surface area contributed by atoms with Gasteiger partial charge in [-0.3, -0.25) is 0 Å². The van der Waals surface area contributed by atoms with Crippen LogP contribution in [0, 0.1) is 5.92 Å². The summed E-state index contributed by atoms with van der Waals surface area (Å²) in [4.78, 5) is 6.73. The monoisotopic (exact) mass is 264 g/mol. The van der Waals surface area contributed by atoms with E-state index < -0.39 is 0 Å². The highest BCUT2D eigenvalue weighted by molar-refractivity contribution is 4.98. The van der Waals surface area contributed by atoms with Gasteiger partial charge >= 0.3 is 0 Å². The van der Waals surface area contributed by atoms with Gasteiger partial charge < -0.3 is 14.8 Å². The van der Waals surface area contributed by atoms with Crippen LogP contribution in [0.4, 0.5) is 0 Å². The van der Waals surface area contributed by atoms with Crippen LogP contribution in [0.25, 0.3) is 0 Å². The average molecular weight is 264 g/mol. The minimum absolute atomic E-state index is 0.525. The first-order valence-corrected chi connectivity index (χ1v) is 7.56. The Bertz CT molecular complexity index is 364. The Morgan fingerprint density at radius 3 is 2.79 bits per heavy atom. The second kappa shape index (κ2) is 7.06. The van der Waals surface area contributed by atoms with E-state index in [4.69, 9.17) is 0 Å². The fraction of sp³-hybridized carbons (Fsp3) is 0.800. The topological polar surface area (TPSA) is 33.1 Å². The highest BCUT2D eigenvalue weighted by Gasteiger charge is 2.16. The number of aryl methyl sites for hydroxylation is 1. The predicted molar refractivity (Wildman–Crippen MR) is 79.0 cm³/mol. The molecule has 1 aliphatic rings. The quantitative estimate of drug-likeness (QED) is 0.854. The van der Waals surface area contributed by atoms with Gasteiger partial charge in [-0.05, 0) is 45.3 Å². The van der Waals surface area contributed by atoms with E-state index in [-0.39, 0.29) is 0 Å². The summed E-state index contributed by atoms with van der Waals surface area (Å²) in [6.45, 7) is 8.92. The Kier molecular flexibility index (Phi) is 5.40. The van der Waals surface area contributed by atoms with Crippen LogP contribution in [0.15, 0.2) is 12.5 Å². The Morgan fingerprint density at radius 2 is 2.11 bits per heavy atom. The van der Waals surface area contributed by atoms with Crippen LogP contribution in [-0.4, -0.2) is 40.6 Å². The molecule has 0 aliphatic carbocycles. The summed E-state index contributed by atoms with van der Waals surface area (Å²) < 4.78 is 2.31. The normalized spacial score (nSPS) is 18.3. The molecule has 0 radical (unpaired) electrons. The fourth-order valence-electron chi connectivity index (χ4n) is 2.68. The molecule has 108 valence electrons. The molecule has 4 heteroatoms. The zero-order chi connectivity index (χ0) is 13.7. The third-order valence-corrected chi connectivity index (χ3v) is 4.11. The lowest BCUT2D eigenvalue weighted by Crippen LogP contribution is -2.30. The summed E-state index contributed by atoms with van der Waals surface area (Å²) in [6.07, 6.45) is 7.96. The van der Waals surface area contributed by atoms with Crippen molar-refractivity contribution < 1.29 is 0 Å². The van der Waals surface area contributed by atoms with Crippen molar-refractivity contribution >= 4 is 0 Å². The standard InChI is InChI=1S/C15H28N4/c1-13(2)17-11-15-10-16-12-19(15)9-6-14-4-7-18(3)8-5-14/h10,12-14,17H,4-9,11H2,1-3H3. The SMILES string of the molecule is CC(C)NCc1cncn1CCC1CCN(C)CC1. The van der Waals surface area contributed by atoms with Crippen molar-refractivity contribution in [1.29, 1.82) is 0 Å². The lowest BCUT2D eigenvalue weighted by molar-refractivity contribution is 0.207. The van der Waals surface area contributed by atoms with Gasteiger partial charge in [0, 0.05) is 25.3 Å². The molecule has 0 bridgehead atoms. The molecule has 1 saturated heterocycles. The highest BCUT2D eigenvalue weighted by atomic mass is 15.1. The molecule has 0 spiro atoms. The van der Waals surface area contributed by atoms with Gasteiger partial charge in [-0.25, -0.2) is 4.98 Å². The first kappa shape index (κ1) is 14.5. The molecular weight excluding hydrogens is 236 g/mol. The van der Waals surface area contributed by atoms with Crippen LogP contribution in [0.3, 0.4) is 0 Å². The Labute approximate surface area is 117 Å². The maximum atomic E-state index is 4.29. The third kappa shape index (κ3) is 4.62. The molecule has 1 N–H and O–H groups in total. The van der Waals surface area contributed by atoms with Gasteiger partial charge in [0.05, 0.1) is 12.0 Å². The molecular formula is C15H28N4. The number of hydrogen-bond donors (Lipinski definition) is 1. The average Bonchev–Trinajstić information content (AvgIpc) is 2.83. The molecule has 2 rings (SSSR count). The largest absolute Gasteiger partial charge is 0.333 e. The molecule has 1 fully saturated rings. The molecule has 19 heavy (non-hydrogen) atoms. The van der Waals surface area contributed by atoms with Crippen LogP contribution in [0.5, 0.6) is 0 Å². The molecule has 0 amide bonds. The Balaban J connectivity index is 1.78. The van der Waals surface area contributed by atoms with Gasteiger partial charge in [0.1, 0.15) is 0 Å². The van der Waals surface area contributed by atoms with E-state index in [1.54, 1.807) is 0 Å². The van der Waals surface area contributed by atoms with Gasteiger partial charge in [-0.1, -0.05) is 13.8 Å². The first-order chi connectivity index (χ1) is 9.15. The summed E-state index contributed by atoms with van der Waals surface area (Å²) in [6, 6.07) is 0.525. The summed E-state index contributed by atoms with van der Waals surface area (Å²) in [7, 11) is 2.22. The minimum atomic E-state index is 0.525. The molecule has 4 nitrogen and oxygen atoms in total. The van der Waals surface area contributed by atoms with Crippen molar-refractivity contribution in [2.24, 2.45) is 5.92 Å². The molecule has 0 atom stereocenters. The molecule has 0 unspecified atom stereocenters. The van der Waals surface area contributed by atoms with Crippen molar-refractivity contribution in [1.82, 2.24) is 19.8 Å². The first-order valence-electron chi connectivity index (χ1n) is 7.56. The van der Waals surface area contributed by atoms with Gasteiger partial charge in [-0.2, -0.15) is 0 Å². The maximum absolute atomic E-state index is 4.29. The fourth-order valence-corrected chi connectivity index (χ4v) is 2.68. The summed E-state index contributed by atoms with van der Waals surface area (Å²) in [5.41, 5.74) is 1.31. The number of piperidine rings is 1. The van der Waals surface area contributed by atoms with Crippen molar-refractivity contribution in [3.8, 4) is 0 Å². The number of nitrogens with one attached hydrogen (secondary N) is 1. The van der Waals surface area contributed by atoms with E-state index in [9.17, 15) is 0 Å². The summed E-state index contributed by atoms with van der Waals surface area (Å²) >= 11 is 0. The van der Waals surface area contributed by atoms with Crippen molar-refractivity contribution in [3.05, 3.63) is 18.2 Å². The van der Waals surface area contributed by atoms with Gasteiger partial charge in [0.25, 0.3) is 0 Å². The van der Waals surface area contributed by atoms with Gasteiger partial charge in [0.15, 0.2) is 0 Å². The van der Waals surface area contributed by atoms with Crippen molar-refractivity contribution in [2.75, 3.05) is 20.1 Å². The highest BCUT2D eigenvalue weighted by Crippen LogP contribution is 2.20. The number of hydrogen-bond acceptors (Lipinski definition) is 3. The second-order valence-electron chi connectivity index (χ2n) is 6.15.